The number of piperidine rings is 1. The van der Waals surface area contributed by atoms with Crippen LogP contribution in [0.15, 0.2) is 48.5 Å². The van der Waals surface area contributed by atoms with Gasteiger partial charge in [0.1, 0.15) is 5.82 Å². The number of hydrogen-bond acceptors (Lipinski definition) is 3. The SMILES string of the molecule is Clc1ccc2nc(CNC3CCN(Cc4ccccc4)CC3)[nH]c2c1. The number of aromatic nitrogens is 2. The van der Waals surface area contributed by atoms with Crippen molar-refractivity contribution in [2.24, 2.45) is 0 Å². The highest BCUT2D eigenvalue weighted by Gasteiger charge is 2.19. The minimum Gasteiger partial charge on any atom is -0.341 e. The maximum Gasteiger partial charge on any atom is 0.121 e. The zero-order valence-corrected chi connectivity index (χ0v) is 15.0. The maximum atomic E-state index is 6.03. The summed E-state index contributed by atoms with van der Waals surface area (Å²) in [5.41, 5.74) is 3.37. The number of aromatic amines is 1. The first-order valence-corrected chi connectivity index (χ1v) is 9.28. The van der Waals surface area contributed by atoms with Gasteiger partial charge in [0.15, 0.2) is 0 Å². The highest BCUT2D eigenvalue weighted by atomic mass is 35.5. The van der Waals surface area contributed by atoms with Gasteiger partial charge in [-0.3, -0.25) is 4.90 Å². The van der Waals surface area contributed by atoms with Gasteiger partial charge in [-0.2, -0.15) is 0 Å². The molecule has 1 aliphatic rings. The van der Waals surface area contributed by atoms with E-state index in [1.54, 1.807) is 0 Å². The van der Waals surface area contributed by atoms with Crippen LogP contribution < -0.4 is 5.32 Å². The van der Waals surface area contributed by atoms with Crippen molar-refractivity contribution >= 4 is 22.6 Å². The highest BCUT2D eigenvalue weighted by molar-refractivity contribution is 6.31. The summed E-state index contributed by atoms with van der Waals surface area (Å²) in [6, 6.07) is 17.0. The molecule has 4 nitrogen and oxygen atoms in total. The standard InChI is InChI=1S/C20H23ClN4/c21-16-6-7-18-19(12-16)24-20(23-18)13-22-17-8-10-25(11-9-17)14-15-4-2-1-3-5-15/h1-7,12,17,22H,8-11,13-14H2,(H,23,24). The first-order valence-electron chi connectivity index (χ1n) is 8.90. The summed E-state index contributed by atoms with van der Waals surface area (Å²) in [6.45, 7) is 4.11. The Morgan fingerprint density at radius 2 is 1.92 bits per heavy atom. The van der Waals surface area contributed by atoms with Crippen LogP contribution in [0.4, 0.5) is 0 Å². The molecule has 0 spiro atoms. The molecular formula is C20H23ClN4. The quantitative estimate of drug-likeness (QED) is 0.728. The molecule has 1 aromatic heterocycles. The molecule has 2 N–H and O–H groups in total. The summed E-state index contributed by atoms with van der Waals surface area (Å²) in [5.74, 6) is 0.976. The number of nitrogens with zero attached hydrogens (tertiary/aromatic N) is 2. The number of likely N-dealkylation sites (tertiary alicyclic amines) is 1. The lowest BCUT2D eigenvalue weighted by atomic mass is 10.0. The molecule has 2 aromatic carbocycles. The van der Waals surface area contributed by atoms with Gasteiger partial charge in [-0.25, -0.2) is 4.98 Å². The molecule has 4 rings (SSSR count). The molecule has 5 heteroatoms. The molecule has 0 atom stereocenters. The van der Waals surface area contributed by atoms with Crippen LogP contribution in [-0.2, 0) is 13.1 Å². The van der Waals surface area contributed by atoms with E-state index < -0.39 is 0 Å². The zero-order valence-electron chi connectivity index (χ0n) is 14.2. The molecule has 0 amide bonds. The molecular weight excluding hydrogens is 332 g/mol. The molecule has 1 fully saturated rings. The second kappa shape index (κ2) is 7.56. The molecule has 25 heavy (non-hydrogen) atoms. The zero-order chi connectivity index (χ0) is 17.1. The number of benzene rings is 2. The predicted molar refractivity (Wildman–Crippen MR) is 103 cm³/mol. The number of hydrogen-bond donors (Lipinski definition) is 2. The Morgan fingerprint density at radius 3 is 2.72 bits per heavy atom. The first-order chi connectivity index (χ1) is 12.3. The van der Waals surface area contributed by atoms with E-state index in [2.05, 4.69) is 50.5 Å². The molecule has 0 aliphatic carbocycles. The second-order valence-corrected chi connectivity index (χ2v) is 7.20. The Labute approximate surface area is 153 Å². The Bertz CT molecular complexity index is 822. The average Bonchev–Trinajstić information content (AvgIpc) is 3.04. The van der Waals surface area contributed by atoms with Crippen LogP contribution in [0.3, 0.4) is 0 Å². The van der Waals surface area contributed by atoms with Gasteiger partial charge in [0.2, 0.25) is 0 Å². The summed E-state index contributed by atoms with van der Waals surface area (Å²) < 4.78 is 0. The van der Waals surface area contributed by atoms with Crippen molar-refractivity contribution in [3.8, 4) is 0 Å². The third kappa shape index (κ3) is 4.21. The number of H-pyrrole nitrogens is 1. The second-order valence-electron chi connectivity index (χ2n) is 6.76. The molecule has 0 bridgehead atoms. The van der Waals surface area contributed by atoms with Crippen LogP contribution in [0.2, 0.25) is 5.02 Å². The lowest BCUT2D eigenvalue weighted by Crippen LogP contribution is -2.42. The molecule has 1 aliphatic heterocycles. The predicted octanol–water partition coefficient (Wildman–Crippen LogP) is 3.97. The van der Waals surface area contributed by atoms with E-state index in [-0.39, 0.29) is 0 Å². The average molecular weight is 355 g/mol. The maximum absolute atomic E-state index is 6.03. The van der Waals surface area contributed by atoms with Gasteiger partial charge in [0, 0.05) is 17.6 Å². The van der Waals surface area contributed by atoms with Crippen molar-refractivity contribution in [1.82, 2.24) is 20.2 Å². The van der Waals surface area contributed by atoms with Crippen LogP contribution in [0, 0.1) is 0 Å². The van der Waals surface area contributed by atoms with E-state index >= 15 is 0 Å². The van der Waals surface area contributed by atoms with Crippen LogP contribution in [0.5, 0.6) is 0 Å². The number of nitrogens with one attached hydrogen (secondary N) is 2. The fraction of sp³-hybridized carbons (Fsp3) is 0.350. The molecule has 3 aromatic rings. The van der Waals surface area contributed by atoms with Gasteiger partial charge in [-0.1, -0.05) is 41.9 Å². The van der Waals surface area contributed by atoms with Crippen molar-refractivity contribution in [1.29, 1.82) is 0 Å². The smallest absolute Gasteiger partial charge is 0.121 e. The lowest BCUT2D eigenvalue weighted by molar-refractivity contribution is 0.189. The van der Waals surface area contributed by atoms with E-state index in [1.807, 2.05) is 18.2 Å². The molecule has 2 heterocycles. The van der Waals surface area contributed by atoms with Gasteiger partial charge in [-0.15, -0.1) is 0 Å². The van der Waals surface area contributed by atoms with Crippen molar-refractivity contribution in [2.75, 3.05) is 13.1 Å². The van der Waals surface area contributed by atoms with Crippen LogP contribution >= 0.6 is 11.6 Å². The Morgan fingerprint density at radius 1 is 1.12 bits per heavy atom. The number of fused-ring (bicyclic) bond motifs is 1. The van der Waals surface area contributed by atoms with Crippen molar-refractivity contribution in [3.63, 3.8) is 0 Å². The summed E-state index contributed by atoms with van der Waals surface area (Å²) >= 11 is 6.03. The minimum atomic E-state index is 0.559. The molecule has 1 saturated heterocycles. The van der Waals surface area contributed by atoms with Crippen LogP contribution in [-0.4, -0.2) is 34.0 Å². The molecule has 130 valence electrons. The Balaban J connectivity index is 1.27. The highest BCUT2D eigenvalue weighted by Crippen LogP contribution is 2.18. The van der Waals surface area contributed by atoms with Crippen molar-refractivity contribution < 1.29 is 0 Å². The molecule has 0 saturated carbocycles. The summed E-state index contributed by atoms with van der Waals surface area (Å²) in [4.78, 5) is 10.5. The monoisotopic (exact) mass is 354 g/mol. The van der Waals surface area contributed by atoms with Gasteiger partial charge in [-0.05, 0) is 49.7 Å². The number of imidazole rings is 1. The van der Waals surface area contributed by atoms with Crippen LogP contribution in [0.1, 0.15) is 24.2 Å². The number of halogens is 1. The Kier molecular flexibility index (Phi) is 5.02. The Hall–Kier alpha value is -1.88. The van der Waals surface area contributed by atoms with E-state index in [4.69, 9.17) is 11.6 Å². The topological polar surface area (TPSA) is 44.0 Å². The van der Waals surface area contributed by atoms with Gasteiger partial charge in [0.25, 0.3) is 0 Å². The van der Waals surface area contributed by atoms with E-state index in [9.17, 15) is 0 Å². The van der Waals surface area contributed by atoms with Crippen molar-refractivity contribution in [3.05, 3.63) is 64.9 Å². The van der Waals surface area contributed by atoms with E-state index in [0.29, 0.717) is 6.04 Å². The third-order valence-electron chi connectivity index (χ3n) is 4.89. The van der Waals surface area contributed by atoms with Gasteiger partial charge >= 0.3 is 0 Å². The van der Waals surface area contributed by atoms with E-state index in [1.165, 1.54) is 18.4 Å². The number of rotatable bonds is 5. The lowest BCUT2D eigenvalue weighted by Gasteiger charge is -2.32. The fourth-order valence-corrected chi connectivity index (χ4v) is 3.67. The molecule has 0 unspecified atom stereocenters. The van der Waals surface area contributed by atoms with Gasteiger partial charge < -0.3 is 10.3 Å². The van der Waals surface area contributed by atoms with E-state index in [0.717, 1.165) is 48.1 Å². The normalized spacial score (nSPS) is 16.5. The van der Waals surface area contributed by atoms with Gasteiger partial charge in [0.05, 0.1) is 17.6 Å². The molecule has 0 radical (unpaired) electrons. The van der Waals surface area contributed by atoms with Crippen molar-refractivity contribution in [2.45, 2.75) is 32.0 Å². The first kappa shape index (κ1) is 16.6. The summed E-state index contributed by atoms with van der Waals surface area (Å²) in [6.07, 6.45) is 2.36. The fourth-order valence-electron chi connectivity index (χ4n) is 3.50. The van der Waals surface area contributed by atoms with Crippen LogP contribution in [0.25, 0.3) is 11.0 Å². The largest absolute Gasteiger partial charge is 0.341 e. The third-order valence-corrected chi connectivity index (χ3v) is 5.12. The summed E-state index contributed by atoms with van der Waals surface area (Å²) in [5, 5.41) is 4.38. The minimum absolute atomic E-state index is 0.559. The summed E-state index contributed by atoms with van der Waals surface area (Å²) in [7, 11) is 0.